The van der Waals surface area contributed by atoms with E-state index in [-0.39, 0.29) is 0 Å². The lowest BCUT2D eigenvalue weighted by molar-refractivity contribution is -0.139. The van der Waals surface area contributed by atoms with Gasteiger partial charge in [0.2, 0.25) is 0 Å². The van der Waals surface area contributed by atoms with Crippen molar-refractivity contribution in [2.45, 2.75) is 20.1 Å². The van der Waals surface area contributed by atoms with Gasteiger partial charge in [-0.2, -0.15) is 4.52 Å². The molecule has 0 saturated heterocycles. The summed E-state index contributed by atoms with van der Waals surface area (Å²) in [6.45, 7) is 5.00. The normalized spacial score (nSPS) is 11.8. The summed E-state index contributed by atoms with van der Waals surface area (Å²) in [5, 5.41) is 13.0. The minimum atomic E-state index is -0.455. The summed E-state index contributed by atoms with van der Waals surface area (Å²) in [4.78, 5) is 0. The van der Waals surface area contributed by atoms with Crippen LogP contribution < -0.4 is 0 Å². The van der Waals surface area contributed by atoms with E-state index >= 15 is 0 Å². The molecule has 0 aliphatic carbocycles. The summed E-state index contributed by atoms with van der Waals surface area (Å²) in [6, 6.07) is 9.98. The number of para-hydroxylation sites is 1. The van der Waals surface area contributed by atoms with E-state index in [1.807, 2.05) is 44.2 Å². The van der Waals surface area contributed by atoms with E-state index in [1.54, 1.807) is 4.52 Å². The number of benzene rings is 1. The molecule has 3 rings (SSSR count). The number of hydrogen-bond donors (Lipinski definition) is 0. The second kappa shape index (κ2) is 5.52. The Kier molecular flexibility index (Phi) is 3.58. The first-order chi connectivity index (χ1) is 9.85. The van der Waals surface area contributed by atoms with Crippen LogP contribution in [0.15, 0.2) is 30.3 Å². The second-order valence-electron chi connectivity index (χ2n) is 4.32. The summed E-state index contributed by atoms with van der Waals surface area (Å²) in [5.41, 5.74) is 2.47. The largest absolute Gasteiger partial charge is 0.349 e. The zero-order chi connectivity index (χ0) is 13.9. The topological polar surface area (TPSA) is 61.5 Å². The van der Waals surface area contributed by atoms with Crippen LogP contribution in [-0.2, 0) is 9.47 Å². The van der Waals surface area contributed by atoms with Gasteiger partial charge in [-0.3, -0.25) is 0 Å². The van der Waals surface area contributed by atoms with E-state index in [9.17, 15) is 0 Å². The van der Waals surface area contributed by atoms with Crippen molar-refractivity contribution < 1.29 is 9.47 Å². The van der Waals surface area contributed by atoms with Crippen LogP contribution in [0.3, 0.4) is 0 Å². The first kappa shape index (κ1) is 13.0. The molecule has 0 spiro atoms. The van der Waals surface area contributed by atoms with E-state index < -0.39 is 6.29 Å². The average molecular weight is 272 g/mol. The lowest BCUT2D eigenvalue weighted by Gasteiger charge is -2.18. The second-order valence-corrected chi connectivity index (χ2v) is 4.32. The Hall–Kier alpha value is -2.05. The molecule has 0 N–H and O–H groups in total. The Morgan fingerprint density at radius 3 is 2.65 bits per heavy atom. The molecule has 20 heavy (non-hydrogen) atoms. The number of ether oxygens (including phenoxy) is 2. The SMILES string of the molecule is CCOC(OCC)c1cc2ccccc2n2nnnc12. The number of pyridine rings is 1. The number of nitrogens with zero attached hydrogens (tertiary/aromatic N) is 4. The van der Waals surface area contributed by atoms with Crippen molar-refractivity contribution in [2.24, 2.45) is 0 Å². The lowest BCUT2D eigenvalue weighted by atomic mass is 10.1. The van der Waals surface area contributed by atoms with Gasteiger partial charge in [0.1, 0.15) is 0 Å². The van der Waals surface area contributed by atoms with Crippen LogP contribution in [0.5, 0.6) is 0 Å². The van der Waals surface area contributed by atoms with Crippen molar-refractivity contribution in [3.8, 4) is 0 Å². The number of hydrogen-bond acceptors (Lipinski definition) is 5. The Labute approximate surface area is 116 Å². The van der Waals surface area contributed by atoms with Gasteiger partial charge in [0.15, 0.2) is 11.9 Å². The van der Waals surface area contributed by atoms with Crippen LogP contribution in [0.1, 0.15) is 25.7 Å². The highest BCUT2D eigenvalue weighted by Crippen LogP contribution is 2.26. The summed E-state index contributed by atoms with van der Waals surface area (Å²) in [7, 11) is 0. The third-order valence-corrected chi connectivity index (χ3v) is 3.09. The van der Waals surface area contributed by atoms with Crippen LogP contribution in [0.4, 0.5) is 0 Å². The zero-order valence-electron chi connectivity index (χ0n) is 11.5. The molecule has 0 aliphatic rings. The first-order valence-electron chi connectivity index (χ1n) is 6.68. The fourth-order valence-electron chi connectivity index (χ4n) is 2.27. The van der Waals surface area contributed by atoms with E-state index in [4.69, 9.17) is 9.47 Å². The highest BCUT2D eigenvalue weighted by atomic mass is 16.7. The van der Waals surface area contributed by atoms with Crippen LogP contribution in [-0.4, -0.2) is 33.3 Å². The maximum absolute atomic E-state index is 5.66. The lowest BCUT2D eigenvalue weighted by Crippen LogP contribution is -2.11. The van der Waals surface area contributed by atoms with Crippen LogP contribution in [0, 0.1) is 0 Å². The zero-order valence-corrected chi connectivity index (χ0v) is 11.5. The van der Waals surface area contributed by atoms with Gasteiger partial charge in [0.25, 0.3) is 0 Å². The van der Waals surface area contributed by atoms with Gasteiger partial charge in [0, 0.05) is 18.6 Å². The smallest absolute Gasteiger partial charge is 0.188 e. The fourth-order valence-corrected chi connectivity index (χ4v) is 2.27. The number of tetrazole rings is 1. The Morgan fingerprint density at radius 1 is 1.15 bits per heavy atom. The molecule has 0 radical (unpaired) electrons. The Morgan fingerprint density at radius 2 is 1.90 bits per heavy atom. The molecule has 104 valence electrons. The minimum absolute atomic E-state index is 0.455. The van der Waals surface area contributed by atoms with Gasteiger partial charge in [-0.25, -0.2) is 0 Å². The van der Waals surface area contributed by atoms with Crippen molar-refractivity contribution in [1.82, 2.24) is 20.0 Å². The third kappa shape index (κ3) is 2.13. The molecule has 0 bridgehead atoms. The molecule has 3 aromatic rings. The molecule has 0 fully saturated rings. The monoisotopic (exact) mass is 272 g/mol. The summed E-state index contributed by atoms with van der Waals surface area (Å²) < 4.78 is 13.0. The summed E-state index contributed by atoms with van der Waals surface area (Å²) in [6.07, 6.45) is -0.455. The molecule has 0 atom stereocenters. The van der Waals surface area contributed by atoms with Crippen LogP contribution >= 0.6 is 0 Å². The van der Waals surface area contributed by atoms with Gasteiger partial charge < -0.3 is 9.47 Å². The predicted molar refractivity (Wildman–Crippen MR) is 74.3 cm³/mol. The van der Waals surface area contributed by atoms with Gasteiger partial charge in [-0.05, 0) is 36.4 Å². The minimum Gasteiger partial charge on any atom is -0.349 e. The molecule has 1 aromatic carbocycles. The fraction of sp³-hybridized carbons (Fsp3) is 0.357. The van der Waals surface area contributed by atoms with Crippen molar-refractivity contribution >= 4 is 16.6 Å². The molecule has 0 amide bonds. The summed E-state index contributed by atoms with van der Waals surface area (Å²) in [5.74, 6) is 0. The highest BCUT2D eigenvalue weighted by molar-refractivity contribution is 5.83. The quantitative estimate of drug-likeness (QED) is 0.667. The van der Waals surface area contributed by atoms with Crippen molar-refractivity contribution in [1.29, 1.82) is 0 Å². The van der Waals surface area contributed by atoms with E-state index in [1.165, 1.54) is 0 Å². The van der Waals surface area contributed by atoms with Gasteiger partial charge in [-0.15, -0.1) is 5.10 Å². The highest BCUT2D eigenvalue weighted by Gasteiger charge is 2.19. The standard InChI is InChI=1S/C14H16N4O2/c1-3-19-14(20-4-2)11-9-10-7-5-6-8-12(10)18-13(11)15-16-17-18/h5-9,14H,3-4H2,1-2H3. The van der Waals surface area contributed by atoms with Crippen LogP contribution in [0.2, 0.25) is 0 Å². The first-order valence-corrected chi connectivity index (χ1v) is 6.68. The molecule has 6 heteroatoms. The molecule has 0 saturated carbocycles. The average Bonchev–Trinajstić information content (AvgIpc) is 2.96. The predicted octanol–water partition coefficient (Wildman–Crippen LogP) is 2.35. The number of aromatic nitrogens is 4. The van der Waals surface area contributed by atoms with E-state index in [0.29, 0.717) is 18.9 Å². The molecular weight excluding hydrogens is 256 g/mol. The Bertz CT molecular complexity index is 719. The number of fused-ring (bicyclic) bond motifs is 3. The molecule has 6 nitrogen and oxygen atoms in total. The van der Waals surface area contributed by atoms with Gasteiger partial charge in [0.05, 0.1) is 11.1 Å². The molecule has 2 aromatic heterocycles. The summed E-state index contributed by atoms with van der Waals surface area (Å²) >= 11 is 0. The molecule has 2 heterocycles. The van der Waals surface area contributed by atoms with E-state index in [2.05, 4.69) is 15.5 Å². The third-order valence-electron chi connectivity index (χ3n) is 3.09. The van der Waals surface area contributed by atoms with Gasteiger partial charge in [-0.1, -0.05) is 18.2 Å². The van der Waals surface area contributed by atoms with Crippen molar-refractivity contribution in [3.05, 3.63) is 35.9 Å². The van der Waals surface area contributed by atoms with E-state index in [0.717, 1.165) is 16.5 Å². The van der Waals surface area contributed by atoms with Crippen LogP contribution in [0.25, 0.3) is 16.6 Å². The number of rotatable bonds is 5. The maximum Gasteiger partial charge on any atom is 0.188 e. The molecular formula is C14H16N4O2. The Balaban J connectivity index is 2.23. The van der Waals surface area contributed by atoms with Crippen molar-refractivity contribution in [2.75, 3.05) is 13.2 Å². The molecule has 0 aliphatic heterocycles. The van der Waals surface area contributed by atoms with Crippen molar-refractivity contribution in [3.63, 3.8) is 0 Å². The van der Waals surface area contributed by atoms with Gasteiger partial charge >= 0.3 is 0 Å². The maximum atomic E-state index is 5.66. The molecule has 0 unspecified atom stereocenters.